The van der Waals surface area contributed by atoms with Gasteiger partial charge in [0.2, 0.25) is 0 Å². The van der Waals surface area contributed by atoms with E-state index in [2.05, 4.69) is 30.5 Å². The Morgan fingerprint density at radius 3 is 2.46 bits per heavy atom. The number of fused-ring (bicyclic) bond motifs is 1. The number of hydrogen-bond acceptors (Lipinski definition) is 3. The van der Waals surface area contributed by atoms with Crippen LogP contribution in [0.4, 0.5) is 4.79 Å². The van der Waals surface area contributed by atoms with E-state index in [-0.39, 0.29) is 11.1 Å². The van der Waals surface area contributed by atoms with Gasteiger partial charge in [-0.05, 0) is 72.6 Å². The Labute approximate surface area is 168 Å². The van der Waals surface area contributed by atoms with Crippen LogP contribution in [-0.2, 0) is 17.9 Å². The van der Waals surface area contributed by atoms with Gasteiger partial charge < -0.3 is 4.57 Å². The SMILES string of the molecule is CCn1c(C)cc(/C=C2\SC(=O)N(Cc3ccc4ccccc4c3)C2=O)c1C. The van der Waals surface area contributed by atoms with Crippen LogP contribution < -0.4 is 0 Å². The molecule has 1 fully saturated rings. The monoisotopic (exact) mass is 390 g/mol. The molecule has 2 heterocycles. The fourth-order valence-corrected chi connectivity index (χ4v) is 4.59. The molecule has 0 bridgehead atoms. The minimum Gasteiger partial charge on any atom is -0.349 e. The zero-order valence-corrected chi connectivity index (χ0v) is 17.0. The van der Waals surface area contributed by atoms with Crippen LogP contribution in [0.2, 0.25) is 0 Å². The van der Waals surface area contributed by atoms with Gasteiger partial charge in [0.1, 0.15) is 0 Å². The second kappa shape index (κ2) is 7.32. The van der Waals surface area contributed by atoms with Crippen molar-refractivity contribution in [2.75, 3.05) is 0 Å². The zero-order chi connectivity index (χ0) is 19.8. The number of carbonyl (C=O) groups is 2. The minimum atomic E-state index is -0.218. The molecule has 4 nitrogen and oxygen atoms in total. The smallest absolute Gasteiger partial charge is 0.293 e. The predicted molar refractivity (Wildman–Crippen MR) is 115 cm³/mol. The number of hydrogen-bond donors (Lipinski definition) is 0. The van der Waals surface area contributed by atoms with Gasteiger partial charge in [0.15, 0.2) is 0 Å². The van der Waals surface area contributed by atoms with E-state index in [1.807, 2.05) is 49.4 Å². The van der Waals surface area contributed by atoms with Crippen molar-refractivity contribution in [1.82, 2.24) is 9.47 Å². The lowest BCUT2D eigenvalue weighted by atomic mass is 10.1. The maximum atomic E-state index is 12.9. The third-order valence-electron chi connectivity index (χ3n) is 5.24. The third-order valence-corrected chi connectivity index (χ3v) is 6.15. The molecule has 0 atom stereocenters. The van der Waals surface area contributed by atoms with E-state index in [1.165, 1.54) is 4.90 Å². The number of aryl methyl sites for hydroxylation is 1. The van der Waals surface area contributed by atoms with Gasteiger partial charge >= 0.3 is 0 Å². The van der Waals surface area contributed by atoms with Gasteiger partial charge in [-0.15, -0.1) is 0 Å². The van der Waals surface area contributed by atoms with Crippen LogP contribution in [-0.4, -0.2) is 20.6 Å². The summed E-state index contributed by atoms with van der Waals surface area (Å²) in [4.78, 5) is 27.2. The van der Waals surface area contributed by atoms with Gasteiger partial charge in [0.05, 0.1) is 11.4 Å². The number of carbonyl (C=O) groups excluding carboxylic acids is 2. The zero-order valence-electron chi connectivity index (χ0n) is 16.2. The summed E-state index contributed by atoms with van der Waals surface area (Å²) in [5, 5.41) is 2.04. The van der Waals surface area contributed by atoms with E-state index in [9.17, 15) is 9.59 Å². The average molecular weight is 391 g/mol. The van der Waals surface area contributed by atoms with Crippen LogP contribution in [0.3, 0.4) is 0 Å². The molecule has 0 saturated carbocycles. The fraction of sp³-hybridized carbons (Fsp3) is 0.217. The summed E-state index contributed by atoms with van der Waals surface area (Å²) in [5.74, 6) is -0.218. The summed E-state index contributed by atoms with van der Waals surface area (Å²) in [6, 6.07) is 16.2. The van der Waals surface area contributed by atoms with Gasteiger partial charge in [-0.3, -0.25) is 14.5 Å². The summed E-state index contributed by atoms with van der Waals surface area (Å²) in [6.45, 7) is 7.37. The lowest BCUT2D eigenvalue weighted by Crippen LogP contribution is -2.27. The summed E-state index contributed by atoms with van der Waals surface area (Å²) in [6.07, 6.45) is 1.85. The maximum absolute atomic E-state index is 12.9. The molecule has 1 saturated heterocycles. The topological polar surface area (TPSA) is 42.3 Å². The Bertz CT molecular complexity index is 1130. The first-order valence-corrected chi connectivity index (χ1v) is 10.2. The number of nitrogens with zero attached hydrogens (tertiary/aromatic N) is 2. The molecule has 1 aromatic heterocycles. The number of rotatable bonds is 4. The number of thioether (sulfide) groups is 1. The molecule has 0 aliphatic carbocycles. The molecule has 0 radical (unpaired) electrons. The maximum Gasteiger partial charge on any atom is 0.293 e. The van der Waals surface area contributed by atoms with Crippen molar-refractivity contribution in [2.45, 2.75) is 33.9 Å². The largest absolute Gasteiger partial charge is 0.349 e. The number of imide groups is 1. The third kappa shape index (κ3) is 3.27. The van der Waals surface area contributed by atoms with Crippen LogP contribution in [0.1, 0.15) is 29.4 Å². The van der Waals surface area contributed by atoms with Gasteiger partial charge in [-0.1, -0.05) is 36.4 Å². The lowest BCUT2D eigenvalue weighted by molar-refractivity contribution is -0.123. The van der Waals surface area contributed by atoms with E-state index in [0.717, 1.165) is 51.6 Å². The van der Waals surface area contributed by atoms with Crippen molar-refractivity contribution in [2.24, 2.45) is 0 Å². The van der Waals surface area contributed by atoms with Crippen LogP contribution in [0.25, 0.3) is 16.8 Å². The Morgan fingerprint density at radius 1 is 1.00 bits per heavy atom. The molecule has 1 aliphatic heterocycles. The van der Waals surface area contributed by atoms with Crippen molar-refractivity contribution in [3.8, 4) is 0 Å². The Morgan fingerprint density at radius 2 is 1.75 bits per heavy atom. The van der Waals surface area contributed by atoms with Crippen LogP contribution >= 0.6 is 11.8 Å². The standard InChI is InChI=1S/C23H22N2O2S/c1-4-24-15(2)11-20(16(24)3)13-21-22(26)25(23(27)28-21)14-17-9-10-18-7-5-6-8-19(18)12-17/h5-13H,4,14H2,1-3H3/b21-13-. The van der Waals surface area contributed by atoms with Crippen LogP contribution in [0, 0.1) is 13.8 Å². The second-order valence-corrected chi connectivity index (χ2v) is 8.01. The van der Waals surface area contributed by atoms with E-state index < -0.39 is 0 Å². The summed E-state index contributed by atoms with van der Waals surface area (Å²) < 4.78 is 2.20. The quantitative estimate of drug-likeness (QED) is 0.551. The predicted octanol–water partition coefficient (Wildman–Crippen LogP) is 5.51. The van der Waals surface area contributed by atoms with E-state index >= 15 is 0 Å². The van der Waals surface area contributed by atoms with E-state index in [1.54, 1.807) is 0 Å². The molecule has 1 aliphatic rings. The number of amides is 2. The minimum absolute atomic E-state index is 0.214. The van der Waals surface area contributed by atoms with Crippen LogP contribution in [0.5, 0.6) is 0 Å². The summed E-state index contributed by atoms with van der Waals surface area (Å²) in [5.41, 5.74) is 4.21. The van der Waals surface area contributed by atoms with E-state index in [0.29, 0.717) is 11.4 Å². The molecule has 2 amide bonds. The molecular weight excluding hydrogens is 368 g/mol. The molecule has 0 N–H and O–H groups in total. The Hall–Kier alpha value is -2.79. The molecule has 3 aromatic rings. The van der Waals surface area contributed by atoms with Gasteiger partial charge in [-0.2, -0.15) is 0 Å². The molecule has 28 heavy (non-hydrogen) atoms. The summed E-state index contributed by atoms with van der Waals surface area (Å²) >= 11 is 1.02. The number of benzene rings is 2. The highest BCUT2D eigenvalue weighted by atomic mass is 32.2. The molecule has 0 unspecified atom stereocenters. The van der Waals surface area contributed by atoms with E-state index in [4.69, 9.17) is 0 Å². The lowest BCUT2D eigenvalue weighted by Gasteiger charge is -2.13. The van der Waals surface area contributed by atoms with Gasteiger partial charge in [0, 0.05) is 17.9 Å². The first-order chi connectivity index (χ1) is 13.5. The second-order valence-electron chi connectivity index (χ2n) is 7.02. The van der Waals surface area contributed by atoms with Crippen molar-refractivity contribution in [3.63, 3.8) is 0 Å². The first kappa shape index (κ1) is 18.6. The Kier molecular flexibility index (Phi) is 4.85. The fourth-order valence-electron chi connectivity index (χ4n) is 3.76. The summed E-state index contributed by atoms with van der Waals surface area (Å²) in [7, 11) is 0. The molecule has 4 rings (SSSR count). The van der Waals surface area contributed by atoms with Gasteiger partial charge in [-0.25, -0.2) is 0 Å². The number of aromatic nitrogens is 1. The van der Waals surface area contributed by atoms with Crippen LogP contribution in [0.15, 0.2) is 53.4 Å². The molecule has 142 valence electrons. The molecule has 0 spiro atoms. The molecular formula is C23H22N2O2S. The van der Waals surface area contributed by atoms with Crippen molar-refractivity contribution in [3.05, 3.63) is 76.0 Å². The molecule has 2 aromatic carbocycles. The molecule has 5 heteroatoms. The van der Waals surface area contributed by atoms with Crippen molar-refractivity contribution in [1.29, 1.82) is 0 Å². The highest BCUT2D eigenvalue weighted by Crippen LogP contribution is 2.34. The van der Waals surface area contributed by atoms with Crippen molar-refractivity contribution < 1.29 is 9.59 Å². The highest BCUT2D eigenvalue weighted by Gasteiger charge is 2.35. The average Bonchev–Trinajstić information content (AvgIpc) is 3.11. The van der Waals surface area contributed by atoms with Gasteiger partial charge in [0.25, 0.3) is 11.1 Å². The Balaban J connectivity index is 1.60. The highest BCUT2D eigenvalue weighted by molar-refractivity contribution is 8.18. The normalized spacial score (nSPS) is 16.0. The first-order valence-electron chi connectivity index (χ1n) is 9.37. The van der Waals surface area contributed by atoms with Crippen molar-refractivity contribution >= 4 is 39.8 Å².